The molecule has 0 aromatic rings. The van der Waals surface area contributed by atoms with Crippen LogP contribution >= 0.6 is 0 Å². The predicted molar refractivity (Wildman–Crippen MR) is 62.1 cm³/mol. The van der Waals surface area contributed by atoms with Crippen LogP contribution in [0.1, 0.15) is 46.0 Å². The maximum absolute atomic E-state index is 10.2. The lowest BCUT2D eigenvalue weighted by atomic mass is 10.3. The van der Waals surface area contributed by atoms with E-state index in [-0.39, 0.29) is 8.80 Å². The molecule has 0 radical (unpaired) electrons. The van der Waals surface area contributed by atoms with Crippen LogP contribution in [0.5, 0.6) is 0 Å². The Labute approximate surface area is 84.5 Å². The summed E-state index contributed by atoms with van der Waals surface area (Å²) in [6, 6.07) is 3.25. The molecule has 1 aliphatic rings. The van der Waals surface area contributed by atoms with Crippen LogP contribution in [0.15, 0.2) is 0 Å². The minimum absolute atomic E-state index is 0.0945. The molecular formula is C11H24OSi. The fourth-order valence-corrected chi connectivity index (χ4v) is 3.82. The van der Waals surface area contributed by atoms with E-state index in [4.69, 9.17) is 0 Å². The Kier molecular flexibility index (Phi) is 8.41. The highest BCUT2D eigenvalue weighted by Gasteiger charge is 2.07. The van der Waals surface area contributed by atoms with E-state index >= 15 is 0 Å². The van der Waals surface area contributed by atoms with Crippen molar-refractivity contribution < 1.29 is 4.79 Å². The number of ketones is 1. The van der Waals surface area contributed by atoms with Crippen LogP contribution in [0, 0.1) is 0 Å². The molecule has 1 heterocycles. The van der Waals surface area contributed by atoms with E-state index in [9.17, 15) is 4.79 Å². The summed E-state index contributed by atoms with van der Waals surface area (Å²) in [5.74, 6) is 0.343. The molecule has 0 saturated carbocycles. The summed E-state index contributed by atoms with van der Waals surface area (Å²) >= 11 is 0. The molecular weight excluding hydrogens is 176 g/mol. The first-order valence-electron chi connectivity index (χ1n) is 5.72. The number of rotatable bonds is 2. The molecule has 78 valence electrons. The van der Waals surface area contributed by atoms with E-state index < -0.39 is 0 Å². The Morgan fingerprint density at radius 3 is 1.69 bits per heavy atom. The molecule has 0 aromatic carbocycles. The van der Waals surface area contributed by atoms with Gasteiger partial charge in [0.25, 0.3) is 0 Å². The Balaban J connectivity index is 0.000000226. The van der Waals surface area contributed by atoms with E-state index in [1.54, 1.807) is 24.9 Å². The lowest BCUT2D eigenvalue weighted by Crippen LogP contribution is -2.09. The van der Waals surface area contributed by atoms with Gasteiger partial charge in [-0.15, -0.1) is 0 Å². The largest absolute Gasteiger partial charge is 0.300 e. The van der Waals surface area contributed by atoms with Crippen molar-refractivity contribution in [3.05, 3.63) is 0 Å². The van der Waals surface area contributed by atoms with Gasteiger partial charge < -0.3 is 0 Å². The molecule has 0 atom stereocenters. The van der Waals surface area contributed by atoms with E-state index in [1.165, 1.54) is 6.42 Å². The van der Waals surface area contributed by atoms with Crippen LogP contribution in [0.2, 0.25) is 18.6 Å². The number of carbonyl (C=O) groups is 1. The minimum atomic E-state index is -0.0945. The summed E-state index contributed by atoms with van der Waals surface area (Å²) < 4.78 is 0. The summed E-state index contributed by atoms with van der Waals surface area (Å²) in [6.45, 7) is 6.26. The summed E-state index contributed by atoms with van der Waals surface area (Å²) in [4.78, 5) is 10.2. The van der Waals surface area contributed by atoms with E-state index in [0.29, 0.717) is 18.6 Å². The Bertz CT molecular complexity index is 122. The second-order valence-electron chi connectivity index (χ2n) is 3.99. The van der Waals surface area contributed by atoms with Crippen LogP contribution in [-0.2, 0) is 4.79 Å². The molecule has 0 spiro atoms. The van der Waals surface area contributed by atoms with Crippen LogP contribution in [0.3, 0.4) is 0 Å². The fourth-order valence-electron chi connectivity index (χ4n) is 1.56. The van der Waals surface area contributed by atoms with Crippen molar-refractivity contribution in [3.8, 4) is 0 Å². The van der Waals surface area contributed by atoms with Crippen LogP contribution in [0.25, 0.3) is 0 Å². The smallest absolute Gasteiger partial charge is 0.132 e. The molecule has 1 aliphatic heterocycles. The second-order valence-corrected chi connectivity index (χ2v) is 7.35. The summed E-state index contributed by atoms with van der Waals surface area (Å²) in [5.41, 5.74) is 0. The number of hydrogen-bond donors (Lipinski definition) is 0. The molecule has 1 saturated heterocycles. The zero-order valence-electron chi connectivity index (χ0n) is 9.44. The summed E-state index contributed by atoms with van der Waals surface area (Å²) in [5, 5.41) is 0. The van der Waals surface area contributed by atoms with Crippen molar-refractivity contribution in [2.45, 2.75) is 64.6 Å². The molecule has 1 nitrogen and oxygen atoms in total. The fraction of sp³-hybridized carbons (Fsp3) is 0.909. The monoisotopic (exact) mass is 200 g/mol. The molecule has 0 amide bonds. The molecule has 0 bridgehead atoms. The molecule has 0 N–H and O–H groups in total. The van der Waals surface area contributed by atoms with Gasteiger partial charge in [-0.05, 0) is 0 Å². The Hall–Kier alpha value is -0.113. The predicted octanol–water partition coefficient (Wildman–Crippen LogP) is 3.40. The van der Waals surface area contributed by atoms with Crippen LogP contribution in [0.4, 0.5) is 0 Å². The third-order valence-corrected chi connectivity index (χ3v) is 5.47. The molecule has 1 rings (SSSR count). The highest BCUT2D eigenvalue weighted by Crippen LogP contribution is 2.17. The molecule has 0 aromatic heterocycles. The Morgan fingerprint density at radius 1 is 1.08 bits per heavy atom. The van der Waals surface area contributed by atoms with Gasteiger partial charge >= 0.3 is 0 Å². The summed E-state index contributed by atoms with van der Waals surface area (Å²) in [6.07, 6.45) is 6.01. The Morgan fingerprint density at radius 2 is 1.54 bits per heavy atom. The highest BCUT2D eigenvalue weighted by atomic mass is 28.3. The van der Waals surface area contributed by atoms with Crippen molar-refractivity contribution in [2.75, 3.05) is 0 Å². The summed E-state index contributed by atoms with van der Waals surface area (Å²) in [7, 11) is -0.0945. The van der Waals surface area contributed by atoms with Crippen molar-refractivity contribution in [3.63, 3.8) is 0 Å². The standard InChI is InChI=1S/C6H14Si.C5H10O/c1-7-5-3-2-4-6-7;1-3-5(6)4-2/h7H,2-6H2,1H3;3-4H2,1-2H3. The highest BCUT2D eigenvalue weighted by molar-refractivity contribution is 6.57. The number of Topliss-reactive ketones (excluding diaryl/α,β-unsaturated/α-hetero) is 1. The normalized spacial score (nSPS) is 17.5. The van der Waals surface area contributed by atoms with Gasteiger partial charge in [-0.3, -0.25) is 4.79 Å². The number of hydrogen-bond acceptors (Lipinski definition) is 1. The zero-order valence-corrected chi connectivity index (χ0v) is 10.6. The SMILES string of the molecule is CCC(=O)CC.C[SiH]1CCCCC1. The molecule has 1 fully saturated rings. The third kappa shape index (κ3) is 8.22. The first-order chi connectivity index (χ1) is 6.20. The third-order valence-electron chi connectivity index (χ3n) is 2.68. The van der Waals surface area contributed by atoms with E-state index in [0.717, 1.165) is 0 Å². The van der Waals surface area contributed by atoms with E-state index in [1.807, 2.05) is 13.8 Å². The van der Waals surface area contributed by atoms with E-state index in [2.05, 4.69) is 6.55 Å². The van der Waals surface area contributed by atoms with Crippen molar-refractivity contribution >= 4 is 14.6 Å². The minimum Gasteiger partial charge on any atom is -0.300 e. The zero-order chi connectivity index (χ0) is 10.1. The lowest BCUT2D eigenvalue weighted by molar-refractivity contribution is -0.118. The van der Waals surface area contributed by atoms with Crippen molar-refractivity contribution in [2.24, 2.45) is 0 Å². The maximum Gasteiger partial charge on any atom is 0.132 e. The van der Waals surface area contributed by atoms with Crippen LogP contribution in [-0.4, -0.2) is 14.6 Å². The quantitative estimate of drug-likeness (QED) is 0.624. The van der Waals surface area contributed by atoms with Gasteiger partial charge in [0.1, 0.15) is 5.78 Å². The van der Waals surface area contributed by atoms with Crippen molar-refractivity contribution in [1.29, 1.82) is 0 Å². The van der Waals surface area contributed by atoms with Crippen molar-refractivity contribution in [1.82, 2.24) is 0 Å². The topological polar surface area (TPSA) is 17.1 Å². The van der Waals surface area contributed by atoms with Gasteiger partial charge in [0.15, 0.2) is 0 Å². The van der Waals surface area contributed by atoms with Gasteiger partial charge in [0.2, 0.25) is 0 Å². The van der Waals surface area contributed by atoms with Gasteiger partial charge in [-0.25, -0.2) is 0 Å². The lowest BCUT2D eigenvalue weighted by Gasteiger charge is -2.14. The first-order valence-corrected chi connectivity index (χ1v) is 8.51. The number of carbonyl (C=O) groups excluding carboxylic acids is 1. The molecule has 0 unspecified atom stereocenters. The molecule has 13 heavy (non-hydrogen) atoms. The average Bonchev–Trinajstić information content (AvgIpc) is 2.19. The van der Waals surface area contributed by atoms with Gasteiger partial charge in [-0.2, -0.15) is 0 Å². The average molecular weight is 200 g/mol. The van der Waals surface area contributed by atoms with Crippen LogP contribution < -0.4 is 0 Å². The molecule has 0 aliphatic carbocycles. The van der Waals surface area contributed by atoms with Gasteiger partial charge in [0, 0.05) is 21.6 Å². The second kappa shape index (κ2) is 8.48. The maximum atomic E-state index is 10.2. The van der Waals surface area contributed by atoms with Gasteiger partial charge in [0.05, 0.1) is 0 Å². The molecule has 2 heteroatoms. The first kappa shape index (κ1) is 12.9. The van der Waals surface area contributed by atoms with Gasteiger partial charge in [-0.1, -0.05) is 51.7 Å².